The molecule has 1 rings (SSSR count). The summed E-state index contributed by atoms with van der Waals surface area (Å²) in [5, 5.41) is 0. The van der Waals surface area contributed by atoms with Crippen LogP contribution in [0.4, 0.5) is 0 Å². The Balaban J connectivity index is 2.70. The molecule has 13 heavy (non-hydrogen) atoms. The van der Waals surface area contributed by atoms with Gasteiger partial charge in [0.15, 0.2) is 12.3 Å². The van der Waals surface area contributed by atoms with E-state index >= 15 is 0 Å². The molecule has 0 aromatic rings. The highest BCUT2D eigenvalue weighted by Gasteiger charge is 2.32. The van der Waals surface area contributed by atoms with Crippen molar-refractivity contribution in [1.29, 1.82) is 0 Å². The highest BCUT2D eigenvalue weighted by Crippen LogP contribution is 2.13. The van der Waals surface area contributed by atoms with Crippen LogP contribution in [0, 0.1) is 0 Å². The van der Waals surface area contributed by atoms with Crippen molar-refractivity contribution in [1.82, 2.24) is 4.90 Å². The number of esters is 1. The third-order valence-electron chi connectivity index (χ3n) is 2.02. The van der Waals surface area contributed by atoms with Gasteiger partial charge in [0, 0.05) is 13.0 Å². The van der Waals surface area contributed by atoms with Gasteiger partial charge in [-0.1, -0.05) is 0 Å². The van der Waals surface area contributed by atoms with Crippen LogP contribution in [0.1, 0.15) is 12.8 Å². The maximum atomic E-state index is 11.2. The summed E-state index contributed by atoms with van der Waals surface area (Å²) in [6.45, 7) is 0.456. The van der Waals surface area contributed by atoms with Gasteiger partial charge in [-0.25, -0.2) is 4.79 Å². The fraction of sp³-hybridized carbons (Fsp3) is 0.625. The molecule has 0 saturated carbocycles. The summed E-state index contributed by atoms with van der Waals surface area (Å²) in [7, 11) is 1.19. The van der Waals surface area contributed by atoms with Gasteiger partial charge in [0.2, 0.25) is 5.91 Å². The van der Waals surface area contributed by atoms with Crippen LogP contribution in [0.15, 0.2) is 0 Å². The number of amides is 1. The first-order chi connectivity index (χ1) is 6.20. The zero-order valence-electron chi connectivity index (χ0n) is 7.36. The van der Waals surface area contributed by atoms with E-state index in [1.807, 2.05) is 0 Å². The smallest absolute Gasteiger partial charge is 0.336 e. The Bertz CT molecular complexity index is 238. The van der Waals surface area contributed by atoms with E-state index < -0.39 is 12.0 Å². The van der Waals surface area contributed by atoms with Crippen molar-refractivity contribution >= 4 is 18.2 Å². The topological polar surface area (TPSA) is 63.7 Å². The average molecular weight is 185 g/mol. The normalized spacial score (nSPS) is 18.5. The number of aldehydes is 1. The number of hydrogen-bond acceptors (Lipinski definition) is 4. The van der Waals surface area contributed by atoms with Gasteiger partial charge in [-0.3, -0.25) is 4.79 Å². The van der Waals surface area contributed by atoms with Crippen LogP contribution in [-0.4, -0.2) is 42.8 Å². The second kappa shape index (κ2) is 4.02. The Morgan fingerprint density at radius 2 is 2.38 bits per heavy atom. The Labute approximate surface area is 75.6 Å². The van der Waals surface area contributed by atoms with Crippen molar-refractivity contribution in [3.63, 3.8) is 0 Å². The summed E-state index contributed by atoms with van der Waals surface area (Å²) in [4.78, 5) is 34.0. The maximum Gasteiger partial charge on any atom is 0.336 e. The van der Waals surface area contributed by atoms with Crippen LogP contribution < -0.4 is 0 Å². The number of nitrogens with zero attached hydrogens (tertiary/aromatic N) is 1. The van der Waals surface area contributed by atoms with Gasteiger partial charge in [-0.05, 0) is 6.42 Å². The third kappa shape index (κ3) is 1.85. The Kier molecular flexibility index (Phi) is 3.00. The second-order valence-corrected chi connectivity index (χ2v) is 2.79. The van der Waals surface area contributed by atoms with Crippen molar-refractivity contribution < 1.29 is 19.1 Å². The van der Waals surface area contributed by atoms with Crippen molar-refractivity contribution in [2.24, 2.45) is 0 Å². The molecule has 5 nitrogen and oxygen atoms in total. The molecule has 0 spiro atoms. The van der Waals surface area contributed by atoms with Crippen LogP contribution in [0.5, 0.6) is 0 Å². The van der Waals surface area contributed by atoms with Crippen LogP contribution in [0.2, 0.25) is 0 Å². The monoisotopic (exact) mass is 185 g/mol. The Morgan fingerprint density at radius 1 is 1.69 bits per heavy atom. The first-order valence-electron chi connectivity index (χ1n) is 4.03. The molecule has 1 heterocycles. The first-order valence-corrected chi connectivity index (χ1v) is 4.03. The number of methoxy groups -OCH3 is 1. The average Bonchev–Trinajstić information content (AvgIpc) is 2.53. The first kappa shape index (κ1) is 9.70. The molecule has 0 N–H and O–H groups in total. The standard InChI is InChI=1S/C8H11NO4/c1-13-8(12)6(5-10)9-4-2-3-7(9)11/h5-6H,2-4H2,1H3. The quantitative estimate of drug-likeness (QED) is 0.333. The molecule has 1 unspecified atom stereocenters. The van der Waals surface area contributed by atoms with E-state index in [4.69, 9.17) is 0 Å². The van der Waals surface area contributed by atoms with E-state index in [9.17, 15) is 14.4 Å². The molecule has 0 aromatic carbocycles. The molecule has 0 aromatic heterocycles. The molecular formula is C8H11NO4. The van der Waals surface area contributed by atoms with Gasteiger partial charge in [0.05, 0.1) is 7.11 Å². The van der Waals surface area contributed by atoms with Crippen molar-refractivity contribution in [3.8, 4) is 0 Å². The minimum atomic E-state index is -1.06. The molecule has 5 heteroatoms. The molecule has 1 amide bonds. The third-order valence-corrected chi connectivity index (χ3v) is 2.02. The van der Waals surface area contributed by atoms with Crippen molar-refractivity contribution in [2.75, 3.05) is 13.7 Å². The Morgan fingerprint density at radius 3 is 2.77 bits per heavy atom. The second-order valence-electron chi connectivity index (χ2n) is 2.79. The van der Waals surface area contributed by atoms with Crippen molar-refractivity contribution in [3.05, 3.63) is 0 Å². The van der Waals surface area contributed by atoms with E-state index in [0.29, 0.717) is 25.7 Å². The van der Waals surface area contributed by atoms with Gasteiger partial charge >= 0.3 is 5.97 Å². The lowest BCUT2D eigenvalue weighted by molar-refractivity contribution is -0.152. The van der Waals surface area contributed by atoms with Gasteiger partial charge < -0.3 is 14.4 Å². The van der Waals surface area contributed by atoms with Gasteiger partial charge in [-0.2, -0.15) is 0 Å². The molecule has 1 fully saturated rings. The van der Waals surface area contributed by atoms with Crippen molar-refractivity contribution in [2.45, 2.75) is 18.9 Å². The van der Waals surface area contributed by atoms with E-state index in [2.05, 4.69) is 4.74 Å². The van der Waals surface area contributed by atoms with E-state index in [1.165, 1.54) is 12.0 Å². The van der Waals surface area contributed by atoms with E-state index in [-0.39, 0.29) is 5.91 Å². The number of ether oxygens (including phenoxy) is 1. The fourth-order valence-electron chi connectivity index (χ4n) is 1.34. The molecule has 0 aliphatic carbocycles. The van der Waals surface area contributed by atoms with Gasteiger partial charge in [-0.15, -0.1) is 0 Å². The predicted octanol–water partition coefficient (Wildman–Crippen LogP) is -0.651. The highest BCUT2D eigenvalue weighted by molar-refractivity contribution is 5.97. The molecule has 1 aliphatic heterocycles. The zero-order chi connectivity index (χ0) is 9.84. The van der Waals surface area contributed by atoms with Crippen LogP contribution in [0.3, 0.4) is 0 Å². The summed E-state index contributed by atoms with van der Waals surface area (Å²) >= 11 is 0. The van der Waals surface area contributed by atoms with Crippen LogP contribution in [-0.2, 0) is 19.1 Å². The SMILES string of the molecule is COC(=O)C(C=O)N1CCCC1=O. The zero-order valence-corrected chi connectivity index (χ0v) is 7.36. The largest absolute Gasteiger partial charge is 0.467 e. The molecule has 1 saturated heterocycles. The van der Waals surface area contributed by atoms with Gasteiger partial charge in [0.1, 0.15) is 0 Å². The lowest BCUT2D eigenvalue weighted by Crippen LogP contribution is -2.43. The number of rotatable bonds is 3. The highest BCUT2D eigenvalue weighted by atomic mass is 16.5. The molecular weight excluding hydrogens is 174 g/mol. The van der Waals surface area contributed by atoms with E-state index in [1.54, 1.807) is 0 Å². The maximum absolute atomic E-state index is 11.2. The van der Waals surface area contributed by atoms with Crippen LogP contribution >= 0.6 is 0 Å². The minimum Gasteiger partial charge on any atom is -0.467 e. The molecule has 0 bridgehead atoms. The number of hydrogen-bond donors (Lipinski definition) is 0. The summed E-state index contributed by atoms with van der Waals surface area (Å²) in [6.07, 6.45) is 1.54. The Hall–Kier alpha value is -1.39. The lowest BCUT2D eigenvalue weighted by Gasteiger charge is -2.20. The summed E-state index contributed by atoms with van der Waals surface area (Å²) in [5.41, 5.74) is 0. The molecule has 1 aliphatic rings. The molecule has 0 radical (unpaired) electrons. The van der Waals surface area contributed by atoms with Gasteiger partial charge in [0.25, 0.3) is 0 Å². The van der Waals surface area contributed by atoms with Crippen LogP contribution in [0.25, 0.3) is 0 Å². The molecule has 1 atom stereocenters. The number of carbonyl (C=O) groups excluding carboxylic acids is 3. The number of carbonyl (C=O) groups is 3. The number of likely N-dealkylation sites (tertiary alicyclic amines) is 1. The minimum absolute atomic E-state index is 0.164. The summed E-state index contributed by atoms with van der Waals surface area (Å²) < 4.78 is 4.40. The summed E-state index contributed by atoms with van der Waals surface area (Å²) in [5.74, 6) is -0.840. The lowest BCUT2D eigenvalue weighted by atomic mass is 10.3. The summed E-state index contributed by atoms with van der Waals surface area (Å²) in [6, 6.07) is -1.06. The van der Waals surface area contributed by atoms with E-state index in [0.717, 1.165) is 0 Å². The molecule has 72 valence electrons. The predicted molar refractivity (Wildman–Crippen MR) is 42.8 cm³/mol. The fourth-order valence-corrected chi connectivity index (χ4v) is 1.34.